The molecule has 1 saturated heterocycles. The Morgan fingerprint density at radius 3 is 2.89 bits per heavy atom. The van der Waals surface area contributed by atoms with E-state index in [0.717, 1.165) is 13.1 Å². The lowest BCUT2D eigenvalue weighted by Crippen LogP contribution is -2.49. The number of nitrogens with one attached hydrogen (secondary N) is 1. The molecule has 1 N–H and O–H groups in total. The minimum atomic E-state index is 0.494. The zero-order chi connectivity index (χ0) is 12.8. The number of nitrogens with zero attached hydrogens (tertiary/aromatic N) is 1. The minimum Gasteiger partial charge on any atom is -0.308 e. The van der Waals surface area contributed by atoms with E-state index in [0.29, 0.717) is 12.1 Å². The van der Waals surface area contributed by atoms with Gasteiger partial charge in [-0.05, 0) is 18.2 Å². The van der Waals surface area contributed by atoms with E-state index in [1.54, 1.807) is 0 Å². The average molecular weight is 264 g/mol. The van der Waals surface area contributed by atoms with Gasteiger partial charge in [0.25, 0.3) is 0 Å². The summed E-state index contributed by atoms with van der Waals surface area (Å²) in [4.78, 5) is 2.62. The van der Waals surface area contributed by atoms with Gasteiger partial charge in [-0.1, -0.05) is 37.3 Å². The molecule has 100 valence electrons. The van der Waals surface area contributed by atoms with Crippen LogP contribution < -0.4 is 5.32 Å². The highest BCUT2D eigenvalue weighted by atomic mass is 32.2. The van der Waals surface area contributed by atoms with Crippen molar-refractivity contribution in [3.8, 4) is 0 Å². The van der Waals surface area contributed by atoms with E-state index in [1.165, 1.54) is 23.6 Å². The third-order valence-corrected chi connectivity index (χ3v) is 4.72. The Morgan fingerprint density at radius 2 is 2.17 bits per heavy atom. The second-order valence-electron chi connectivity index (χ2n) is 4.92. The minimum absolute atomic E-state index is 0.494. The molecule has 0 spiro atoms. The van der Waals surface area contributed by atoms with Crippen molar-refractivity contribution in [1.82, 2.24) is 10.2 Å². The van der Waals surface area contributed by atoms with Crippen molar-refractivity contribution in [3.63, 3.8) is 0 Å². The van der Waals surface area contributed by atoms with Gasteiger partial charge in [-0.15, -0.1) is 0 Å². The van der Waals surface area contributed by atoms with Crippen LogP contribution in [0.15, 0.2) is 30.3 Å². The number of hydrogen-bond donors (Lipinski definition) is 1. The molecular formula is C15H24N2S. The fourth-order valence-electron chi connectivity index (χ4n) is 2.48. The monoisotopic (exact) mass is 264 g/mol. The van der Waals surface area contributed by atoms with Crippen molar-refractivity contribution in [2.45, 2.75) is 25.9 Å². The van der Waals surface area contributed by atoms with Crippen molar-refractivity contribution >= 4 is 11.8 Å². The van der Waals surface area contributed by atoms with Crippen LogP contribution >= 0.6 is 11.8 Å². The highest BCUT2D eigenvalue weighted by molar-refractivity contribution is 7.99. The smallest absolute Gasteiger partial charge is 0.0449 e. The molecule has 1 aromatic carbocycles. The largest absolute Gasteiger partial charge is 0.308 e. The van der Waals surface area contributed by atoms with Gasteiger partial charge < -0.3 is 5.32 Å². The summed E-state index contributed by atoms with van der Waals surface area (Å²) in [5, 5.41) is 3.63. The molecule has 1 aromatic rings. The Kier molecular flexibility index (Phi) is 5.54. The summed E-state index contributed by atoms with van der Waals surface area (Å²) in [5.41, 5.74) is 1.41. The van der Waals surface area contributed by atoms with E-state index in [1.807, 2.05) is 11.8 Å². The fourth-order valence-corrected chi connectivity index (χ4v) is 3.26. The molecule has 18 heavy (non-hydrogen) atoms. The van der Waals surface area contributed by atoms with Crippen molar-refractivity contribution in [2.75, 3.05) is 31.1 Å². The van der Waals surface area contributed by atoms with E-state index in [4.69, 9.17) is 0 Å². The Balaban J connectivity index is 1.92. The maximum Gasteiger partial charge on any atom is 0.0449 e. The highest BCUT2D eigenvalue weighted by Crippen LogP contribution is 2.19. The second-order valence-corrected chi connectivity index (χ2v) is 6.24. The quantitative estimate of drug-likeness (QED) is 0.880. The SMILES string of the molecule is CCSCC(C)N1CCNC(c2ccccc2)C1. The van der Waals surface area contributed by atoms with Gasteiger partial charge >= 0.3 is 0 Å². The van der Waals surface area contributed by atoms with Crippen LogP contribution in [-0.4, -0.2) is 42.1 Å². The van der Waals surface area contributed by atoms with E-state index in [-0.39, 0.29) is 0 Å². The average Bonchev–Trinajstić information content (AvgIpc) is 2.46. The maximum atomic E-state index is 3.63. The van der Waals surface area contributed by atoms with Crippen LogP contribution in [0, 0.1) is 0 Å². The predicted molar refractivity (Wildman–Crippen MR) is 81.2 cm³/mol. The first-order valence-electron chi connectivity index (χ1n) is 6.91. The summed E-state index contributed by atoms with van der Waals surface area (Å²) in [6, 6.07) is 12.0. The second kappa shape index (κ2) is 7.17. The number of rotatable bonds is 5. The Labute approximate surface area is 115 Å². The molecule has 0 amide bonds. The van der Waals surface area contributed by atoms with Crippen LogP contribution in [0.4, 0.5) is 0 Å². The molecule has 2 rings (SSSR count). The molecule has 0 bridgehead atoms. The summed E-state index contributed by atoms with van der Waals surface area (Å²) in [7, 11) is 0. The van der Waals surface area contributed by atoms with Crippen LogP contribution in [0.2, 0.25) is 0 Å². The molecule has 1 aliphatic rings. The normalized spacial score (nSPS) is 22.9. The molecule has 2 atom stereocenters. The van der Waals surface area contributed by atoms with Gasteiger partial charge in [-0.2, -0.15) is 11.8 Å². The maximum absolute atomic E-state index is 3.63. The molecule has 1 aliphatic heterocycles. The van der Waals surface area contributed by atoms with Crippen LogP contribution in [0.3, 0.4) is 0 Å². The number of thioether (sulfide) groups is 1. The third-order valence-electron chi connectivity index (χ3n) is 3.60. The molecule has 2 unspecified atom stereocenters. The van der Waals surface area contributed by atoms with Crippen molar-refractivity contribution in [3.05, 3.63) is 35.9 Å². The van der Waals surface area contributed by atoms with Crippen molar-refractivity contribution in [1.29, 1.82) is 0 Å². The van der Waals surface area contributed by atoms with Gasteiger partial charge in [-0.3, -0.25) is 4.90 Å². The standard InChI is InChI=1S/C15H24N2S/c1-3-18-12-13(2)17-10-9-16-15(11-17)14-7-5-4-6-8-14/h4-8,13,15-16H,3,9-12H2,1-2H3. The summed E-state index contributed by atoms with van der Waals surface area (Å²) >= 11 is 2.04. The number of benzene rings is 1. The molecule has 1 heterocycles. The van der Waals surface area contributed by atoms with Crippen molar-refractivity contribution < 1.29 is 0 Å². The molecule has 3 heteroatoms. The van der Waals surface area contributed by atoms with E-state index in [2.05, 4.69) is 54.4 Å². The first-order chi connectivity index (χ1) is 8.81. The summed E-state index contributed by atoms with van der Waals surface area (Å²) in [6.45, 7) is 8.00. The lowest BCUT2D eigenvalue weighted by Gasteiger charge is -2.37. The summed E-state index contributed by atoms with van der Waals surface area (Å²) in [6.07, 6.45) is 0. The van der Waals surface area contributed by atoms with Gasteiger partial charge in [0.2, 0.25) is 0 Å². The van der Waals surface area contributed by atoms with Gasteiger partial charge in [0.1, 0.15) is 0 Å². The van der Waals surface area contributed by atoms with E-state index in [9.17, 15) is 0 Å². The van der Waals surface area contributed by atoms with Gasteiger partial charge in [-0.25, -0.2) is 0 Å². The molecule has 0 saturated carbocycles. The molecule has 0 aliphatic carbocycles. The van der Waals surface area contributed by atoms with Crippen LogP contribution in [-0.2, 0) is 0 Å². The molecule has 1 fully saturated rings. The van der Waals surface area contributed by atoms with Crippen molar-refractivity contribution in [2.24, 2.45) is 0 Å². The summed E-state index contributed by atoms with van der Waals surface area (Å²) in [5.74, 6) is 2.47. The number of hydrogen-bond acceptors (Lipinski definition) is 3. The fraction of sp³-hybridized carbons (Fsp3) is 0.600. The Morgan fingerprint density at radius 1 is 1.39 bits per heavy atom. The predicted octanol–water partition coefficient (Wildman–Crippen LogP) is 2.77. The highest BCUT2D eigenvalue weighted by Gasteiger charge is 2.23. The van der Waals surface area contributed by atoms with Crippen LogP contribution in [0.1, 0.15) is 25.5 Å². The van der Waals surface area contributed by atoms with Crippen LogP contribution in [0.5, 0.6) is 0 Å². The molecule has 0 radical (unpaired) electrons. The topological polar surface area (TPSA) is 15.3 Å². The molecular weight excluding hydrogens is 240 g/mol. The lowest BCUT2D eigenvalue weighted by atomic mass is 10.0. The van der Waals surface area contributed by atoms with Gasteiger partial charge in [0, 0.05) is 37.5 Å². The van der Waals surface area contributed by atoms with Crippen LogP contribution in [0.25, 0.3) is 0 Å². The molecule has 0 aromatic heterocycles. The van der Waals surface area contributed by atoms with E-state index < -0.39 is 0 Å². The van der Waals surface area contributed by atoms with Gasteiger partial charge in [0.15, 0.2) is 0 Å². The van der Waals surface area contributed by atoms with Gasteiger partial charge in [0.05, 0.1) is 0 Å². The first kappa shape index (κ1) is 13.9. The van der Waals surface area contributed by atoms with E-state index >= 15 is 0 Å². The summed E-state index contributed by atoms with van der Waals surface area (Å²) < 4.78 is 0. The molecule has 2 nitrogen and oxygen atoms in total. The third kappa shape index (κ3) is 3.74. The lowest BCUT2D eigenvalue weighted by molar-refractivity contribution is 0.165. The Hall–Kier alpha value is -0.510. The Bertz CT molecular complexity index is 342. The zero-order valence-electron chi connectivity index (χ0n) is 11.4. The number of piperazine rings is 1. The zero-order valence-corrected chi connectivity index (χ0v) is 12.2. The first-order valence-corrected chi connectivity index (χ1v) is 8.07.